The number of anilines is 2. The lowest BCUT2D eigenvalue weighted by Gasteiger charge is -2.12. The Labute approximate surface area is 117 Å². The van der Waals surface area contributed by atoms with Gasteiger partial charge in [-0.3, -0.25) is 0 Å². The van der Waals surface area contributed by atoms with E-state index in [2.05, 4.69) is 10.3 Å². The minimum atomic E-state index is 0.231. The number of rotatable bonds is 4. The van der Waals surface area contributed by atoms with Crippen LogP contribution in [0.3, 0.4) is 0 Å². The summed E-state index contributed by atoms with van der Waals surface area (Å²) >= 11 is 5.90. The molecule has 0 saturated carbocycles. The molecule has 0 spiro atoms. The smallest absolute Gasteiger partial charge is 0.128 e. The number of aromatic hydroxyl groups is 1. The summed E-state index contributed by atoms with van der Waals surface area (Å²) < 4.78 is 0. The molecule has 5 heteroatoms. The molecule has 0 radical (unpaired) electrons. The fourth-order valence-electron chi connectivity index (χ4n) is 1.65. The lowest BCUT2D eigenvalue weighted by atomic mass is 10.2. The van der Waals surface area contributed by atoms with Crippen LogP contribution in [-0.4, -0.2) is 24.2 Å². The highest BCUT2D eigenvalue weighted by atomic mass is 35.5. The maximum atomic E-state index is 9.71. The number of pyridine rings is 1. The van der Waals surface area contributed by atoms with E-state index >= 15 is 0 Å². The standard InChI is InChI=1S/C14H16ClN3O/c1-18(2)14-6-4-12(9-17-14)16-8-10-7-11(15)3-5-13(10)19/h3-7,9,16,19H,8H2,1-2H3. The summed E-state index contributed by atoms with van der Waals surface area (Å²) in [5, 5.41) is 13.5. The van der Waals surface area contributed by atoms with Crippen LogP contribution in [0.25, 0.3) is 0 Å². The van der Waals surface area contributed by atoms with Crippen molar-refractivity contribution < 1.29 is 5.11 Å². The van der Waals surface area contributed by atoms with Crippen LogP contribution in [0.15, 0.2) is 36.5 Å². The molecule has 1 heterocycles. The Bertz CT molecular complexity index is 555. The number of aromatic nitrogens is 1. The molecule has 2 N–H and O–H groups in total. The molecule has 0 amide bonds. The second-order valence-corrected chi connectivity index (χ2v) is 4.86. The quantitative estimate of drug-likeness (QED) is 0.901. The first kappa shape index (κ1) is 13.5. The third kappa shape index (κ3) is 3.51. The van der Waals surface area contributed by atoms with E-state index in [0.717, 1.165) is 17.1 Å². The first-order valence-corrected chi connectivity index (χ1v) is 6.28. The average molecular weight is 278 g/mol. The van der Waals surface area contributed by atoms with E-state index in [1.807, 2.05) is 31.1 Å². The highest BCUT2D eigenvalue weighted by Gasteiger charge is 2.03. The van der Waals surface area contributed by atoms with Gasteiger partial charge in [-0.1, -0.05) is 11.6 Å². The molecule has 0 aliphatic heterocycles. The number of nitrogens with one attached hydrogen (secondary N) is 1. The summed E-state index contributed by atoms with van der Waals surface area (Å²) in [7, 11) is 3.89. The van der Waals surface area contributed by atoms with Crippen LogP contribution in [-0.2, 0) is 6.54 Å². The van der Waals surface area contributed by atoms with Crippen molar-refractivity contribution in [3.63, 3.8) is 0 Å². The van der Waals surface area contributed by atoms with E-state index < -0.39 is 0 Å². The molecule has 0 fully saturated rings. The van der Waals surface area contributed by atoms with Crippen molar-refractivity contribution in [3.05, 3.63) is 47.1 Å². The van der Waals surface area contributed by atoms with Crippen molar-refractivity contribution in [2.75, 3.05) is 24.3 Å². The van der Waals surface area contributed by atoms with Crippen molar-refractivity contribution >= 4 is 23.1 Å². The summed E-state index contributed by atoms with van der Waals surface area (Å²) in [6.45, 7) is 0.495. The van der Waals surface area contributed by atoms with E-state index in [4.69, 9.17) is 11.6 Å². The first-order chi connectivity index (χ1) is 9.06. The van der Waals surface area contributed by atoms with Crippen molar-refractivity contribution in [2.24, 2.45) is 0 Å². The van der Waals surface area contributed by atoms with E-state index in [1.165, 1.54) is 0 Å². The Balaban J connectivity index is 2.04. The Morgan fingerprint density at radius 3 is 2.68 bits per heavy atom. The highest BCUT2D eigenvalue weighted by Crippen LogP contribution is 2.22. The van der Waals surface area contributed by atoms with Gasteiger partial charge in [0.1, 0.15) is 11.6 Å². The molecule has 2 aromatic rings. The van der Waals surface area contributed by atoms with Gasteiger partial charge in [-0.25, -0.2) is 4.98 Å². The van der Waals surface area contributed by atoms with Gasteiger partial charge in [-0.2, -0.15) is 0 Å². The minimum absolute atomic E-state index is 0.231. The van der Waals surface area contributed by atoms with Crippen molar-refractivity contribution in [2.45, 2.75) is 6.54 Å². The molecule has 0 atom stereocenters. The van der Waals surface area contributed by atoms with Crippen molar-refractivity contribution in [3.8, 4) is 5.75 Å². The molecule has 0 unspecified atom stereocenters. The molecule has 100 valence electrons. The number of halogens is 1. The monoisotopic (exact) mass is 277 g/mol. The molecule has 4 nitrogen and oxygen atoms in total. The Morgan fingerprint density at radius 2 is 2.05 bits per heavy atom. The predicted octanol–water partition coefficient (Wildman–Crippen LogP) is 3.12. The second-order valence-electron chi connectivity index (χ2n) is 4.43. The largest absolute Gasteiger partial charge is 0.508 e. The number of nitrogens with zero attached hydrogens (tertiary/aromatic N) is 2. The Kier molecular flexibility index (Phi) is 4.12. The van der Waals surface area contributed by atoms with E-state index in [0.29, 0.717) is 11.6 Å². The second kappa shape index (κ2) is 5.80. The maximum absolute atomic E-state index is 9.71. The summed E-state index contributed by atoms with van der Waals surface area (Å²) in [4.78, 5) is 6.24. The van der Waals surface area contributed by atoms with E-state index in [1.54, 1.807) is 24.4 Å². The zero-order valence-corrected chi connectivity index (χ0v) is 11.6. The van der Waals surface area contributed by atoms with Gasteiger partial charge in [0.05, 0.1) is 11.9 Å². The molecule has 19 heavy (non-hydrogen) atoms. The molecular formula is C14H16ClN3O. The molecular weight excluding hydrogens is 262 g/mol. The van der Waals surface area contributed by atoms with Crippen LogP contribution in [0, 0.1) is 0 Å². The Morgan fingerprint density at radius 1 is 1.26 bits per heavy atom. The van der Waals surface area contributed by atoms with E-state index in [-0.39, 0.29) is 5.75 Å². The molecule has 2 rings (SSSR count). The third-order valence-electron chi connectivity index (χ3n) is 2.73. The van der Waals surface area contributed by atoms with Gasteiger partial charge in [-0.15, -0.1) is 0 Å². The summed E-state index contributed by atoms with van der Waals surface area (Å²) in [5.74, 6) is 1.13. The van der Waals surface area contributed by atoms with Gasteiger partial charge in [0.2, 0.25) is 0 Å². The minimum Gasteiger partial charge on any atom is -0.508 e. The molecule has 0 aliphatic rings. The number of benzene rings is 1. The fourth-order valence-corrected chi connectivity index (χ4v) is 1.84. The number of phenolic OH excluding ortho intramolecular Hbond substituents is 1. The normalized spacial score (nSPS) is 10.3. The molecule has 0 aliphatic carbocycles. The van der Waals surface area contributed by atoms with Crippen LogP contribution in [0.2, 0.25) is 5.02 Å². The van der Waals surface area contributed by atoms with Gasteiger partial charge in [0, 0.05) is 31.2 Å². The SMILES string of the molecule is CN(C)c1ccc(NCc2cc(Cl)ccc2O)cn1. The average Bonchev–Trinajstić information content (AvgIpc) is 2.40. The zero-order valence-electron chi connectivity index (χ0n) is 10.9. The summed E-state index contributed by atoms with van der Waals surface area (Å²) in [5.41, 5.74) is 1.65. The van der Waals surface area contributed by atoms with Crippen molar-refractivity contribution in [1.29, 1.82) is 0 Å². The summed E-state index contributed by atoms with van der Waals surface area (Å²) in [6.07, 6.45) is 1.76. The molecule has 1 aromatic carbocycles. The fraction of sp³-hybridized carbons (Fsp3) is 0.214. The van der Waals surface area contributed by atoms with Crippen LogP contribution in [0.4, 0.5) is 11.5 Å². The molecule has 1 aromatic heterocycles. The lowest BCUT2D eigenvalue weighted by Crippen LogP contribution is -2.10. The van der Waals surface area contributed by atoms with Crippen LogP contribution < -0.4 is 10.2 Å². The van der Waals surface area contributed by atoms with Crippen LogP contribution >= 0.6 is 11.6 Å². The van der Waals surface area contributed by atoms with Gasteiger partial charge in [0.25, 0.3) is 0 Å². The Hall–Kier alpha value is -1.94. The van der Waals surface area contributed by atoms with Crippen molar-refractivity contribution in [1.82, 2.24) is 4.98 Å². The van der Waals surface area contributed by atoms with Gasteiger partial charge >= 0.3 is 0 Å². The number of hydrogen-bond donors (Lipinski definition) is 2. The first-order valence-electron chi connectivity index (χ1n) is 5.91. The van der Waals surface area contributed by atoms with Crippen LogP contribution in [0.1, 0.15) is 5.56 Å². The zero-order chi connectivity index (χ0) is 13.8. The maximum Gasteiger partial charge on any atom is 0.128 e. The van der Waals surface area contributed by atoms with E-state index in [9.17, 15) is 5.11 Å². The predicted molar refractivity (Wildman–Crippen MR) is 79.0 cm³/mol. The third-order valence-corrected chi connectivity index (χ3v) is 2.97. The molecule has 0 saturated heterocycles. The number of phenols is 1. The molecule has 0 bridgehead atoms. The number of hydrogen-bond acceptors (Lipinski definition) is 4. The van der Waals surface area contributed by atoms with Crippen LogP contribution in [0.5, 0.6) is 5.75 Å². The van der Waals surface area contributed by atoms with Gasteiger partial charge < -0.3 is 15.3 Å². The van der Waals surface area contributed by atoms with Gasteiger partial charge in [-0.05, 0) is 30.3 Å². The lowest BCUT2D eigenvalue weighted by molar-refractivity contribution is 0.469. The highest BCUT2D eigenvalue weighted by molar-refractivity contribution is 6.30. The van der Waals surface area contributed by atoms with Gasteiger partial charge in [0.15, 0.2) is 0 Å². The topological polar surface area (TPSA) is 48.4 Å². The summed E-state index contributed by atoms with van der Waals surface area (Å²) in [6, 6.07) is 8.87.